The van der Waals surface area contributed by atoms with E-state index in [1.165, 1.54) is 4.31 Å². The number of sulfonamides is 1. The van der Waals surface area contributed by atoms with E-state index in [-0.39, 0.29) is 5.60 Å². The van der Waals surface area contributed by atoms with Crippen LogP contribution >= 0.6 is 0 Å². The molecule has 0 aromatic carbocycles. The van der Waals surface area contributed by atoms with Crippen molar-refractivity contribution in [3.05, 3.63) is 12.0 Å². The highest BCUT2D eigenvalue weighted by atomic mass is 32.2. The molecule has 0 radical (unpaired) electrons. The van der Waals surface area contributed by atoms with Crippen molar-refractivity contribution in [3.63, 3.8) is 0 Å². The summed E-state index contributed by atoms with van der Waals surface area (Å²) < 4.78 is 29.3. The van der Waals surface area contributed by atoms with Gasteiger partial charge in [0.1, 0.15) is 0 Å². The van der Waals surface area contributed by atoms with E-state index in [0.29, 0.717) is 13.1 Å². The van der Waals surface area contributed by atoms with Gasteiger partial charge in [-0.2, -0.15) is 4.31 Å². The maximum absolute atomic E-state index is 11.4. The lowest BCUT2D eigenvalue weighted by Gasteiger charge is -2.21. The predicted octanol–water partition coefficient (Wildman–Crippen LogP) is 0.571. The number of hydrogen-bond acceptors (Lipinski definition) is 3. The maximum Gasteiger partial charge on any atom is 0.235 e. The molecule has 0 spiro atoms. The zero-order valence-electron chi connectivity index (χ0n) is 7.99. The van der Waals surface area contributed by atoms with Gasteiger partial charge in [0.25, 0.3) is 0 Å². The number of rotatable bonds is 3. The second-order valence-electron chi connectivity index (χ2n) is 3.45. The van der Waals surface area contributed by atoms with Crippen LogP contribution in [0, 0.1) is 0 Å². The Morgan fingerprint density at radius 2 is 2.23 bits per heavy atom. The van der Waals surface area contributed by atoms with E-state index in [1.54, 1.807) is 7.11 Å². The Morgan fingerprint density at radius 1 is 1.62 bits per heavy atom. The summed E-state index contributed by atoms with van der Waals surface area (Å²) in [5.41, 5.74) is -0.337. The minimum Gasteiger partial charge on any atom is -0.377 e. The molecular weight excluding hydrogens is 190 g/mol. The van der Waals surface area contributed by atoms with Gasteiger partial charge < -0.3 is 4.74 Å². The van der Waals surface area contributed by atoms with Crippen molar-refractivity contribution in [2.45, 2.75) is 18.9 Å². The molecule has 0 aromatic heterocycles. The minimum atomic E-state index is -3.26. The summed E-state index contributed by atoms with van der Waals surface area (Å²) in [5, 5.41) is 0.981. The molecule has 0 aliphatic carbocycles. The van der Waals surface area contributed by atoms with Gasteiger partial charge in [-0.1, -0.05) is 6.58 Å². The highest BCUT2D eigenvalue weighted by molar-refractivity contribution is 7.92. The Morgan fingerprint density at radius 3 is 2.62 bits per heavy atom. The zero-order valence-corrected chi connectivity index (χ0v) is 8.80. The molecule has 1 aliphatic rings. The second kappa shape index (κ2) is 3.40. The van der Waals surface area contributed by atoms with E-state index in [9.17, 15) is 8.42 Å². The van der Waals surface area contributed by atoms with Crippen molar-refractivity contribution in [1.29, 1.82) is 0 Å². The lowest BCUT2D eigenvalue weighted by Crippen LogP contribution is -2.34. The van der Waals surface area contributed by atoms with Gasteiger partial charge >= 0.3 is 0 Å². The van der Waals surface area contributed by atoms with E-state index in [4.69, 9.17) is 4.74 Å². The molecule has 1 aliphatic heterocycles. The molecule has 1 saturated heterocycles. The summed E-state index contributed by atoms with van der Waals surface area (Å²) in [7, 11) is -1.66. The summed E-state index contributed by atoms with van der Waals surface area (Å²) >= 11 is 0. The van der Waals surface area contributed by atoms with Crippen molar-refractivity contribution in [2.24, 2.45) is 0 Å². The number of methoxy groups -OCH3 is 1. The first kappa shape index (κ1) is 10.7. The Labute approximate surface area is 79.2 Å². The van der Waals surface area contributed by atoms with Crippen LogP contribution in [0.2, 0.25) is 0 Å². The molecule has 1 fully saturated rings. The van der Waals surface area contributed by atoms with E-state index >= 15 is 0 Å². The molecule has 1 heterocycles. The Hall–Kier alpha value is -0.390. The third-order valence-electron chi connectivity index (χ3n) is 2.46. The topological polar surface area (TPSA) is 46.6 Å². The summed E-state index contributed by atoms with van der Waals surface area (Å²) in [6.07, 6.45) is 0.733. The number of nitrogens with zero attached hydrogens (tertiary/aromatic N) is 1. The van der Waals surface area contributed by atoms with Crippen molar-refractivity contribution < 1.29 is 13.2 Å². The van der Waals surface area contributed by atoms with Gasteiger partial charge in [0, 0.05) is 25.6 Å². The van der Waals surface area contributed by atoms with Gasteiger partial charge in [0.2, 0.25) is 10.0 Å². The summed E-state index contributed by atoms with van der Waals surface area (Å²) in [6.45, 7) is 6.12. The molecule has 0 saturated carbocycles. The third kappa shape index (κ3) is 2.10. The minimum absolute atomic E-state index is 0.337. The van der Waals surface area contributed by atoms with Crippen LogP contribution in [0.1, 0.15) is 13.3 Å². The Balaban J connectivity index is 2.76. The molecule has 5 heteroatoms. The molecule has 1 atom stereocenters. The molecule has 1 unspecified atom stereocenters. The van der Waals surface area contributed by atoms with Crippen molar-refractivity contribution >= 4 is 10.0 Å². The first-order valence-corrected chi connectivity index (χ1v) is 5.62. The van der Waals surface area contributed by atoms with Gasteiger partial charge in [-0.3, -0.25) is 0 Å². The standard InChI is InChI=1S/C8H15NO3S/c1-4-13(10,11)9-6-5-8(2,7-9)12-3/h4H,1,5-7H2,2-3H3. The zero-order chi connectivity index (χ0) is 10.1. The molecule has 0 aromatic rings. The molecule has 0 amide bonds. The Kier molecular flexibility index (Phi) is 2.79. The van der Waals surface area contributed by atoms with Crippen molar-refractivity contribution in [3.8, 4) is 0 Å². The van der Waals surface area contributed by atoms with E-state index < -0.39 is 10.0 Å². The smallest absolute Gasteiger partial charge is 0.235 e. The monoisotopic (exact) mass is 205 g/mol. The van der Waals surface area contributed by atoms with Gasteiger partial charge in [0.15, 0.2) is 0 Å². The molecule has 1 rings (SSSR count). The van der Waals surface area contributed by atoms with E-state index in [1.807, 2.05) is 6.92 Å². The molecule has 76 valence electrons. The summed E-state index contributed by atoms with van der Waals surface area (Å²) in [6, 6.07) is 0. The first-order chi connectivity index (χ1) is 5.93. The highest BCUT2D eigenvalue weighted by Gasteiger charge is 2.38. The third-order valence-corrected chi connectivity index (χ3v) is 3.92. The Bertz CT molecular complexity index is 299. The molecule has 0 N–H and O–H groups in total. The van der Waals surface area contributed by atoms with E-state index in [0.717, 1.165) is 11.8 Å². The molecule has 13 heavy (non-hydrogen) atoms. The van der Waals surface area contributed by atoms with Crippen LogP contribution in [0.25, 0.3) is 0 Å². The number of ether oxygens (including phenoxy) is 1. The molecule has 0 bridgehead atoms. The quantitative estimate of drug-likeness (QED) is 0.676. The molecule has 4 nitrogen and oxygen atoms in total. The first-order valence-electron chi connectivity index (χ1n) is 4.11. The van der Waals surface area contributed by atoms with Crippen LogP contribution in [0.15, 0.2) is 12.0 Å². The van der Waals surface area contributed by atoms with Crippen molar-refractivity contribution in [1.82, 2.24) is 4.31 Å². The highest BCUT2D eigenvalue weighted by Crippen LogP contribution is 2.26. The lowest BCUT2D eigenvalue weighted by atomic mass is 10.1. The van der Waals surface area contributed by atoms with Crippen LogP contribution < -0.4 is 0 Å². The fourth-order valence-electron chi connectivity index (χ4n) is 1.38. The number of hydrogen-bond donors (Lipinski definition) is 0. The van der Waals surface area contributed by atoms with Gasteiger partial charge in [-0.25, -0.2) is 8.42 Å². The van der Waals surface area contributed by atoms with Crippen molar-refractivity contribution in [2.75, 3.05) is 20.2 Å². The van der Waals surface area contributed by atoms with Crippen LogP contribution in [0.5, 0.6) is 0 Å². The van der Waals surface area contributed by atoms with Crippen LogP contribution in [0.4, 0.5) is 0 Å². The second-order valence-corrected chi connectivity index (χ2v) is 5.33. The summed E-state index contributed by atoms with van der Waals surface area (Å²) in [4.78, 5) is 0. The predicted molar refractivity (Wildman–Crippen MR) is 50.7 cm³/mol. The van der Waals surface area contributed by atoms with Crippen LogP contribution in [-0.2, 0) is 14.8 Å². The van der Waals surface area contributed by atoms with Gasteiger partial charge in [-0.05, 0) is 13.3 Å². The van der Waals surface area contributed by atoms with Gasteiger partial charge in [-0.15, -0.1) is 0 Å². The molecular formula is C8H15NO3S. The van der Waals surface area contributed by atoms with Gasteiger partial charge in [0.05, 0.1) is 5.60 Å². The fraction of sp³-hybridized carbons (Fsp3) is 0.750. The maximum atomic E-state index is 11.4. The average Bonchev–Trinajstić information content (AvgIpc) is 2.50. The SMILES string of the molecule is C=CS(=O)(=O)N1CCC(C)(OC)C1. The lowest BCUT2D eigenvalue weighted by molar-refractivity contribution is 0.0199. The average molecular weight is 205 g/mol. The van der Waals surface area contributed by atoms with Crippen LogP contribution in [0.3, 0.4) is 0 Å². The van der Waals surface area contributed by atoms with Crippen LogP contribution in [-0.4, -0.2) is 38.5 Å². The largest absolute Gasteiger partial charge is 0.377 e. The normalized spacial score (nSPS) is 30.6. The fourth-order valence-corrected chi connectivity index (χ4v) is 2.39. The van der Waals surface area contributed by atoms with E-state index in [2.05, 4.69) is 6.58 Å². The summed E-state index contributed by atoms with van der Waals surface area (Å²) in [5.74, 6) is 0.